The van der Waals surface area contributed by atoms with Crippen molar-refractivity contribution in [3.63, 3.8) is 0 Å². The van der Waals surface area contributed by atoms with Crippen LogP contribution in [-0.4, -0.2) is 144 Å². The number of nitrogens with zero attached hydrogens (tertiary/aromatic N) is 4. The predicted octanol–water partition coefficient (Wildman–Crippen LogP) is 3.82. The smallest absolute Gasteiger partial charge is 0.485 e. The van der Waals surface area contributed by atoms with Gasteiger partial charge in [-0.2, -0.15) is 13.2 Å². The van der Waals surface area contributed by atoms with Gasteiger partial charge in [-0.15, -0.1) is 0 Å². The number of piperazine rings is 3. The van der Waals surface area contributed by atoms with Gasteiger partial charge in [0, 0.05) is 22.6 Å². The Labute approximate surface area is 359 Å². The molecule has 6 aliphatic rings. The van der Waals surface area contributed by atoms with Gasteiger partial charge in [0.05, 0.1) is 35.7 Å². The second kappa shape index (κ2) is 16.2. The highest BCUT2D eigenvalue weighted by Gasteiger charge is 2.60. The molecule has 8 rings (SSSR count). The van der Waals surface area contributed by atoms with Crippen molar-refractivity contribution in [1.82, 2.24) is 4.90 Å². The van der Waals surface area contributed by atoms with Gasteiger partial charge >= 0.3 is 11.5 Å². The van der Waals surface area contributed by atoms with E-state index in [1.54, 1.807) is 6.07 Å². The monoisotopic (exact) mass is 931 g/mol. The molecule has 1 amide bonds. The molecule has 336 valence electrons. The van der Waals surface area contributed by atoms with Crippen LogP contribution in [-0.2, 0) is 45.3 Å². The lowest BCUT2D eigenvalue weighted by Gasteiger charge is -2.56. The number of hydrogen-bond donors (Lipinski definition) is 1. The van der Waals surface area contributed by atoms with E-state index in [2.05, 4.69) is 40.4 Å². The SMILES string of the molecule is C=CCOC(=O)C1=C(CN2c3cccc4c(CC[N+]56CC[N+](CC(=N)[O-])(CC5)CC6)ccc(c34)S2(=O)=O)SC2C([C@H](C)O[Si](C)(C)C(C)(C)C)C(=O)N12.O=S(=O)([O-])C(F)(F)F. The Morgan fingerprint density at radius 3 is 2.23 bits per heavy atom. The molecule has 6 aliphatic heterocycles. The number of ether oxygens (including phenoxy) is 1. The Balaban J connectivity index is 0.000000708. The summed E-state index contributed by atoms with van der Waals surface area (Å²) in [6, 6.07) is 9.35. The summed E-state index contributed by atoms with van der Waals surface area (Å²) in [5.41, 5.74) is -3.91. The number of halogens is 3. The maximum absolute atomic E-state index is 14.3. The molecule has 2 aromatic rings. The van der Waals surface area contributed by atoms with Crippen molar-refractivity contribution in [2.75, 3.05) is 69.8 Å². The number of carbonyl (C=O) groups is 2. The second-order valence-electron chi connectivity index (χ2n) is 17.9. The predicted molar refractivity (Wildman–Crippen MR) is 223 cm³/mol. The quantitative estimate of drug-likeness (QED) is 0.0353. The highest BCUT2D eigenvalue weighted by atomic mass is 32.2. The van der Waals surface area contributed by atoms with Crippen LogP contribution >= 0.6 is 11.8 Å². The van der Waals surface area contributed by atoms with Gasteiger partial charge in [0.2, 0.25) is 5.91 Å². The first kappa shape index (κ1) is 47.0. The number of nitrogens with one attached hydrogen (secondary N) is 1. The molecule has 4 fully saturated rings. The maximum Gasteiger partial charge on any atom is 0.485 e. The van der Waals surface area contributed by atoms with E-state index in [0.29, 0.717) is 22.5 Å². The van der Waals surface area contributed by atoms with E-state index >= 15 is 0 Å². The van der Waals surface area contributed by atoms with Crippen molar-refractivity contribution >= 4 is 74.5 Å². The van der Waals surface area contributed by atoms with Gasteiger partial charge in [-0.1, -0.05) is 63.4 Å². The standard InChI is InChI=1S/C38H52N5O7S2Si.CHF3O3S/c1-8-22-49-37(46)34-29(51-36-32(35(45)41(34)36)25(2)50-53(6,7)38(3,4)5)23-40-28-11-9-10-27-26(12-13-30(33(27)28)52(40,47)48)14-15-42-16-19-43(20-17-42,21-18-42)24-31(39)44;2-1(3,4)8(5,6)7/h8-13,25,32,36H,1,14-24H2,2-7H3,(H-,39,44);(H,5,6,7)/q+1;/p-1/t25-,32?,36?,42?,43?;/m0./s1. The molecule has 0 spiro atoms. The normalized spacial score (nSPS) is 26.1. The molecule has 0 radical (unpaired) electrons. The molecular formula is C39H52F3N5O10S3Si. The largest absolute Gasteiger partial charge is 0.858 e. The number of carbonyl (C=O) groups excluding carboxylic acids is 2. The zero-order chi connectivity index (χ0) is 45.3. The minimum absolute atomic E-state index is 0.0400. The van der Waals surface area contributed by atoms with E-state index in [-0.39, 0.29) is 40.8 Å². The van der Waals surface area contributed by atoms with E-state index < -0.39 is 57.1 Å². The van der Waals surface area contributed by atoms with Crippen LogP contribution in [0.2, 0.25) is 18.1 Å². The summed E-state index contributed by atoms with van der Waals surface area (Å²) >= 11 is 1.35. The van der Waals surface area contributed by atoms with Gasteiger partial charge in [0.15, 0.2) is 18.4 Å². The minimum Gasteiger partial charge on any atom is -0.858 e. The number of quaternary nitrogens is 2. The van der Waals surface area contributed by atoms with Gasteiger partial charge in [0.25, 0.3) is 10.0 Å². The molecular weight excluding hydrogens is 880 g/mol. The van der Waals surface area contributed by atoms with Gasteiger partial charge in [-0.3, -0.25) is 14.0 Å². The number of amides is 1. The van der Waals surface area contributed by atoms with Crippen LogP contribution in [0.5, 0.6) is 0 Å². The van der Waals surface area contributed by atoms with E-state index in [1.165, 1.54) is 27.0 Å². The van der Waals surface area contributed by atoms with Crippen molar-refractivity contribution in [1.29, 1.82) is 5.41 Å². The van der Waals surface area contributed by atoms with Crippen molar-refractivity contribution < 1.29 is 67.4 Å². The number of fused-ring (bicyclic) bond motifs is 4. The van der Waals surface area contributed by atoms with Crippen molar-refractivity contribution in [3.8, 4) is 0 Å². The Hall–Kier alpha value is -3.51. The highest BCUT2D eigenvalue weighted by molar-refractivity contribution is 8.04. The fraction of sp³-hybridized carbons (Fsp3) is 0.564. The summed E-state index contributed by atoms with van der Waals surface area (Å²) in [4.78, 5) is 29.5. The van der Waals surface area contributed by atoms with Gasteiger partial charge < -0.3 is 33.2 Å². The number of alkyl halides is 3. The molecule has 0 aliphatic carbocycles. The summed E-state index contributed by atoms with van der Waals surface area (Å²) < 4.78 is 103. The topological polar surface area (TPSA) is 197 Å². The van der Waals surface area contributed by atoms with Crippen LogP contribution in [0, 0.1) is 11.3 Å². The number of anilines is 1. The van der Waals surface area contributed by atoms with Crippen molar-refractivity contribution in [3.05, 3.63) is 59.2 Å². The maximum atomic E-state index is 14.3. The molecule has 15 nitrogen and oxygen atoms in total. The van der Waals surface area contributed by atoms with E-state index in [4.69, 9.17) is 27.5 Å². The molecule has 61 heavy (non-hydrogen) atoms. The summed E-state index contributed by atoms with van der Waals surface area (Å²) in [6.07, 6.45) is 1.86. The number of esters is 1. The Bertz CT molecular complexity index is 2380. The molecule has 0 saturated carbocycles. The molecule has 2 bridgehead atoms. The zero-order valence-electron chi connectivity index (χ0n) is 34.9. The summed E-state index contributed by atoms with van der Waals surface area (Å²) in [5, 5.41) is 20.3. The first-order valence-electron chi connectivity index (χ1n) is 19.8. The third-order valence-corrected chi connectivity index (χ3v) is 21.4. The second-order valence-corrected chi connectivity index (χ2v) is 27.1. The van der Waals surface area contributed by atoms with Crippen molar-refractivity contribution in [2.24, 2.45) is 5.92 Å². The molecule has 3 atom stereocenters. The lowest BCUT2D eigenvalue weighted by molar-refractivity contribution is -1.08. The fourth-order valence-corrected chi connectivity index (χ4v) is 13.4. The van der Waals surface area contributed by atoms with E-state index in [9.17, 15) is 36.3 Å². The lowest BCUT2D eigenvalue weighted by Crippen LogP contribution is -2.76. The molecule has 6 heterocycles. The number of β-lactam (4-membered cyclic amide) rings is 1. The third-order valence-electron chi connectivity index (χ3n) is 13.1. The summed E-state index contributed by atoms with van der Waals surface area (Å²) in [7, 11) is -12.3. The van der Waals surface area contributed by atoms with Crippen LogP contribution in [0.3, 0.4) is 0 Å². The minimum atomic E-state index is -6.09. The van der Waals surface area contributed by atoms with Gasteiger partial charge in [-0.25, -0.2) is 21.6 Å². The zero-order valence-corrected chi connectivity index (χ0v) is 38.4. The van der Waals surface area contributed by atoms with Crippen LogP contribution in [0.25, 0.3) is 10.8 Å². The van der Waals surface area contributed by atoms with Crippen LogP contribution in [0.4, 0.5) is 18.9 Å². The van der Waals surface area contributed by atoms with E-state index in [0.717, 1.165) is 72.1 Å². The van der Waals surface area contributed by atoms with Crippen molar-refractivity contribution in [2.45, 2.75) is 74.1 Å². The lowest BCUT2D eigenvalue weighted by atomic mass is 9.92. The average Bonchev–Trinajstić information content (AvgIpc) is 3.58. The Kier molecular flexibility index (Phi) is 12.5. The molecule has 1 N–H and O–H groups in total. The summed E-state index contributed by atoms with van der Waals surface area (Å²) in [5.74, 6) is -1.88. The number of thioether (sulfide) groups is 1. The molecule has 4 saturated heterocycles. The molecule has 2 unspecified atom stereocenters. The number of rotatable bonds is 13. The summed E-state index contributed by atoms with van der Waals surface area (Å²) in [6.45, 7) is 23.0. The third kappa shape index (κ3) is 8.74. The first-order valence-corrected chi connectivity index (χ1v) is 26.5. The van der Waals surface area contributed by atoms with Gasteiger partial charge in [-0.05, 0) is 48.1 Å². The fourth-order valence-electron chi connectivity index (χ4n) is 8.64. The highest BCUT2D eigenvalue weighted by Crippen LogP contribution is 2.54. The molecule has 22 heteroatoms. The van der Waals surface area contributed by atoms with E-state index in [1.807, 2.05) is 31.2 Å². The number of hydrogen-bond acceptors (Lipinski definition) is 12. The molecule has 2 aromatic carbocycles. The Morgan fingerprint density at radius 2 is 1.69 bits per heavy atom. The average molecular weight is 932 g/mol. The molecule has 0 aromatic heterocycles. The number of sulfonamides is 1. The first-order chi connectivity index (χ1) is 28.1. The number of benzene rings is 2. The van der Waals surface area contributed by atoms with Crippen LogP contribution in [0.15, 0.2) is 58.5 Å². The van der Waals surface area contributed by atoms with Gasteiger partial charge in [0.1, 0.15) is 63.5 Å². The van der Waals surface area contributed by atoms with Crippen LogP contribution in [0.1, 0.15) is 33.3 Å². The van der Waals surface area contributed by atoms with Crippen LogP contribution < -0.4 is 9.41 Å². The Morgan fingerprint density at radius 1 is 1.10 bits per heavy atom.